The molecule has 1 saturated heterocycles. The molecule has 0 aromatic carbocycles. The second-order valence-electron chi connectivity index (χ2n) is 10.9. The Morgan fingerprint density at radius 1 is 1.03 bits per heavy atom. The van der Waals surface area contributed by atoms with Crippen molar-refractivity contribution < 1.29 is 38.1 Å². The molecule has 0 bridgehead atoms. The van der Waals surface area contributed by atoms with Gasteiger partial charge in [0.2, 0.25) is 5.91 Å². The molecule has 206 valence electrons. The summed E-state index contributed by atoms with van der Waals surface area (Å²) in [5.41, 5.74) is -1.61. The van der Waals surface area contributed by atoms with Crippen LogP contribution in [0.4, 0.5) is 4.79 Å². The Kier molecular flexibility index (Phi) is 11.4. The summed E-state index contributed by atoms with van der Waals surface area (Å²) >= 11 is 0. The third-order valence-electron chi connectivity index (χ3n) is 5.28. The fourth-order valence-corrected chi connectivity index (χ4v) is 4.25. The van der Waals surface area contributed by atoms with Crippen molar-refractivity contribution in [3.63, 3.8) is 0 Å². The third-order valence-corrected chi connectivity index (χ3v) is 5.28. The zero-order valence-electron chi connectivity index (χ0n) is 23.4. The Hall–Kier alpha value is -2.62. The molecule has 1 rings (SSSR count). The molecular weight excluding hydrogens is 468 g/mol. The van der Waals surface area contributed by atoms with Crippen LogP contribution in [-0.4, -0.2) is 77.5 Å². The molecule has 0 saturated carbocycles. The second kappa shape index (κ2) is 13.1. The summed E-state index contributed by atoms with van der Waals surface area (Å²) in [7, 11) is 0. The van der Waals surface area contributed by atoms with E-state index in [1.54, 1.807) is 48.5 Å². The van der Waals surface area contributed by atoms with E-state index in [4.69, 9.17) is 18.9 Å². The van der Waals surface area contributed by atoms with Gasteiger partial charge < -0.3 is 24.3 Å². The van der Waals surface area contributed by atoms with E-state index in [2.05, 4.69) is 5.32 Å². The van der Waals surface area contributed by atoms with Gasteiger partial charge in [0.25, 0.3) is 0 Å². The topological polar surface area (TPSA) is 120 Å². The van der Waals surface area contributed by atoms with Gasteiger partial charge in [-0.05, 0) is 61.8 Å². The van der Waals surface area contributed by atoms with Gasteiger partial charge in [0, 0.05) is 26.4 Å². The Morgan fingerprint density at radius 2 is 1.61 bits per heavy atom. The molecule has 0 spiro atoms. The van der Waals surface area contributed by atoms with Crippen molar-refractivity contribution in [2.75, 3.05) is 13.2 Å². The first-order valence-corrected chi connectivity index (χ1v) is 12.4. The quantitative estimate of drug-likeness (QED) is 0.284. The highest BCUT2D eigenvalue weighted by atomic mass is 16.6. The number of likely N-dealkylation sites (tertiary alicyclic amines) is 1. The number of ether oxygens (including phenoxy) is 4. The molecular formula is C26H44N2O8. The van der Waals surface area contributed by atoms with Crippen molar-refractivity contribution in [2.24, 2.45) is 5.92 Å². The van der Waals surface area contributed by atoms with Crippen molar-refractivity contribution >= 4 is 23.9 Å². The maximum absolute atomic E-state index is 13.6. The molecule has 0 aromatic heterocycles. The van der Waals surface area contributed by atoms with Crippen LogP contribution >= 0.6 is 0 Å². The van der Waals surface area contributed by atoms with Gasteiger partial charge in [-0.2, -0.15) is 0 Å². The van der Waals surface area contributed by atoms with E-state index in [9.17, 15) is 19.2 Å². The van der Waals surface area contributed by atoms with Crippen molar-refractivity contribution in [1.29, 1.82) is 0 Å². The SMILES string of the molecule is C/C=C\[C@@H]1C[C@H](C(=O)OC(C)(C)C)N(C(=O)OC(C)(C)C)[C@H]1[C@@H](NC(C)=O)[C@H](COC(C)=O)OCC. The molecule has 0 aliphatic carbocycles. The minimum absolute atomic E-state index is 0.146. The number of nitrogens with one attached hydrogen (secondary N) is 1. The summed E-state index contributed by atoms with van der Waals surface area (Å²) < 4.78 is 22.5. The summed E-state index contributed by atoms with van der Waals surface area (Å²) in [5.74, 6) is -1.79. The molecule has 1 aliphatic heterocycles. The first-order chi connectivity index (χ1) is 16.5. The first-order valence-electron chi connectivity index (χ1n) is 12.4. The van der Waals surface area contributed by atoms with Gasteiger partial charge >= 0.3 is 18.0 Å². The minimum Gasteiger partial charge on any atom is -0.463 e. The highest BCUT2D eigenvalue weighted by Crippen LogP contribution is 2.37. The Labute approximate surface area is 215 Å². The molecule has 0 radical (unpaired) electrons. The lowest BCUT2D eigenvalue weighted by molar-refractivity contribution is -0.161. The van der Waals surface area contributed by atoms with E-state index >= 15 is 0 Å². The Balaban J connectivity index is 3.67. The molecule has 36 heavy (non-hydrogen) atoms. The summed E-state index contributed by atoms with van der Waals surface area (Å²) in [4.78, 5) is 52.1. The first kappa shape index (κ1) is 31.4. The number of amides is 2. The standard InChI is InChI=1S/C26H44N2O8/c1-11-13-18-14-19(23(31)35-25(5,6)7)28(24(32)36-26(8,9)10)22(18)21(27-16(3)29)20(33-12-2)15-34-17(4)30/h11,13,18-22H,12,14-15H2,1-10H3,(H,27,29)/b13-11-/t18-,19-,20+,21+,22-/m1/s1. The normalized spacial score (nSPS) is 22.2. The van der Waals surface area contributed by atoms with E-state index in [0.29, 0.717) is 0 Å². The highest BCUT2D eigenvalue weighted by Gasteiger charge is 2.53. The predicted octanol–water partition coefficient (Wildman–Crippen LogP) is 3.37. The van der Waals surface area contributed by atoms with E-state index < -0.39 is 53.5 Å². The molecule has 5 atom stereocenters. The van der Waals surface area contributed by atoms with Crippen LogP contribution in [0.15, 0.2) is 12.2 Å². The van der Waals surface area contributed by atoms with Gasteiger partial charge in [-0.3, -0.25) is 14.5 Å². The minimum atomic E-state index is -0.961. The average Bonchev–Trinajstić information content (AvgIpc) is 3.06. The summed E-state index contributed by atoms with van der Waals surface area (Å²) in [6.07, 6.45) is 2.47. The van der Waals surface area contributed by atoms with E-state index in [1.807, 2.05) is 19.1 Å². The van der Waals surface area contributed by atoms with Crippen LogP contribution in [0.2, 0.25) is 0 Å². The van der Waals surface area contributed by atoms with Crippen LogP contribution in [0, 0.1) is 5.92 Å². The maximum atomic E-state index is 13.6. The van der Waals surface area contributed by atoms with E-state index in [0.717, 1.165) is 0 Å². The number of carbonyl (C=O) groups is 4. The van der Waals surface area contributed by atoms with Gasteiger partial charge in [-0.1, -0.05) is 12.2 Å². The number of nitrogens with zero attached hydrogens (tertiary/aromatic N) is 1. The number of hydrogen-bond donors (Lipinski definition) is 1. The van der Waals surface area contributed by atoms with Crippen molar-refractivity contribution in [1.82, 2.24) is 10.2 Å². The molecule has 0 unspecified atom stereocenters. The molecule has 2 amide bonds. The molecule has 1 heterocycles. The van der Waals surface area contributed by atoms with Crippen molar-refractivity contribution in [3.05, 3.63) is 12.2 Å². The summed E-state index contributed by atoms with van der Waals surface area (Å²) in [6.45, 7) is 16.8. The van der Waals surface area contributed by atoms with Crippen LogP contribution in [0.1, 0.15) is 75.7 Å². The fraction of sp³-hybridized carbons (Fsp3) is 0.769. The van der Waals surface area contributed by atoms with Crippen LogP contribution < -0.4 is 5.32 Å². The lowest BCUT2D eigenvalue weighted by atomic mass is 9.89. The Morgan fingerprint density at radius 3 is 2.06 bits per heavy atom. The number of carbonyl (C=O) groups excluding carboxylic acids is 4. The molecule has 1 N–H and O–H groups in total. The zero-order valence-corrected chi connectivity index (χ0v) is 23.4. The number of hydrogen-bond acceptors (Lipinski definition) is 8. The number of allylic oxidation sites excluding steroid dienone is 1. The summed E-state index contributed by atoms with van der Waals surface area (Å²) in [6, 6.07) is -2.52. The molecule has 10 heteroatoms. The number of rotatable bonds is 9. The highest BCUT2D eigenvalue weighted by molar-refractivity contribution is 5.83. The predicted molar refractivity (Wildman–Crippen MR) is 134 cm³/mol. The van der Waals surface area contributed by atoms with Crippen molar-refractivity contribution in [2.45, 2.75) is 111 Å². The largest absolute Gasteiger partial charge is 0.463 e. The van der Waals surface area contributed by atoms with Crippen LogP contribution in [0.5, 0.6) is 0 Å². The van der Waals surface area contributed by atoms with Crippen LogP contribution in [-0.2, 0) is 33.3 Å². The molecule has 1 fully saturated rings. The van der Waals surface area contributed by atoms with E-state index in [-0.39, 0.29) is 31.5 Å². The monoisotopic (exact) mass is 512 g/mol. The maximum Gasteiger partial charge on any atom is 0.411 e. The lowest BCUT2D eigenvalue weighted by Gasteiger charge is -2.40. The average molecular weight is 513 g/mol. The van der Waals surface area contributed by atoms with Gasteiger partial charge in [-0.15, -0.1) is 0 Å². The molecule has 10 nitrogen and oxygen atoms in total. The van der Waals surface area contributed by atoms with Gasteiger partial charge in [0.05, 0.1) is 12.1 Å². The second-order valence-corrected chi connectivity index (χ2v) is 10.9. The smallest absolute Gasteiger partial charge is 0.411 e. The van der Waals surface area contributed by atoms with Crippen LogP contribution in [0.25, 0.3) is 0 Å². The van der Waals surface area contributed by atoms with Crippen molar-refractivity contribution in [3.8, 4) is 0 Å². The van der Waals surface area contributed by atoms with Gasteiger partial charge in [0.15, 0.2) is 0 Å². The van der Waals surface area contributed by atoms with Gasteiger partial charge in [-0.25, -0.2) is 9.59 Å². The molecule has 0 aromatic rings. The fourth-order valence-electron chi connectivity index (χ4n) is 4.25. The Bertz CT molecular complexity index is 812. The number of esters is 2. The van der Waals surface area contributed by atoms with Gasteiger partial charge in [0.1, 0.15) is 30.0 Å². The lowest BCUT2D eigenvalue weighted by Crippen LogP contribution is -2.61. The van der Waals surface area contributed by atoms with Crippen LogP contribution in [0.3, 0.4) is 0 Å². The third kappa shape index (κ3) is 9.79. The van der Waals surface area contributed by atoms with E-state index in [1.165, 1.54) is 18.7 Å². The zero-order chi connectivity index (χ0) is 27.8. The summed E-state index contributed by atoms with van der Waals surface area (Å²) in [5, 5.41) is 2.88. The molecule has 1 aliphatic rings.